The maximum absolute atomic E-state index is 6.78. The Morgan fingerprint density at radius 1 is 0.587 bits per heavy atom. The van der Waals surface area contributed by atoms with Gasteiger partial charge in [0.15, 0.2) is 23.0 Å². The molecule has 3 nitrogen and oxygen atoms in total. The molecule has 0 saturated carbocycles. The van der Waals surface area contributed by atoms with Crippen molar-refractivity contribution >= 4 is 17.1 Å². The summed E-state index contributed by atoms with van der Waals surface area (Å²) in [5.74, 6) is 3.53. The molecule has 0 N–H and O–H groups in total. The van der Waals surface area contributed by atoms with Gasteiger partial charge in [-0.3, -0.25) is 0 Å². The highest BCUT2D eigenvalue weighted by Crippen LogP contribution is 2.66. The average Bonchev–Trinajstić information content (AvgIpc) is 3.58. The Labute approximate surface area is 269 Å². The monoisotopic (exact) mass is 593 g/mol. The van der Waals surface area contributed by atoms with Gasteiger partial charge < -0.3 is 14.4 Å². The van der Waals surface area contributed by atoms with Gasteiger partial charge in [-0.25, -0.2) is 0 Å². The second-order valence-electron chi connectivity index (χ2n) is 12.7. The molecule has 5 aromatic carbocycles. The van der Waals surface area contributed by atoms with Crippen molar-refractivity contribution in [1.29, 1.82) is 0 Å². The first-order valence-corrected chi connectivity index (χ1v) is 16.2. The van der Waals surface area contributed by atoms with Crippen LogP contribution in [-0.2, 0) is 5.41 Å². The summed E-state index contributed by atoms with van der Waals surface area (Å²) in [7, 11) is 0. The van der Waals surface area contributed by atoms with Crippen molar-refractivity contribution in [3.05, 3.63) is 185 Å². The Morgan fingerprint density at radius 3 is 1.89 bits per heavy atom. The molecule has 0 bridgehead atoms. The minimum Gasteiger partial charge on any atom is -0.450 e. The molecule has 0 amide bonds. The van der Waals surface area contributed by atoms with Gasteiger partial charge >= 0.3 is 0 Å². The quantitative estimate of drug-likeness (QED) is 0.208. The van der Waals surface area contributed by atoms with Crippen LogP contribution in [0.4, 0.5) is 17.1 Å². The first-order chi connectivity index (χ1) is 22.8. The molecule has 1 aliphatic heterocycles. The zero-order valence-electron chi connectivity index (χ0n) is 25.3. The van der Waals surface area contributed by atoms with Crippen molar-refractivity contribution in [1.82, 2.24) is 0 Å². The number of hydrogen-bond donors (Lipinski definition) is 0. The number of rotatable bonds is 3. The molecule has 2 atom stereocenters. The van der Waals surface area contributed by atoms with Gasteiger partial charge in [-0.2, -0.15) is 0 Å². The molecule has 46 heavy (non-hydrogen) atoms. The van der Waals surface area contributed by atoms with Crippen LogP contribution in [0, 0.1) is 11.8 Å². The van der Waals surface area contributed by atoms with E-state index in [1.165, 1.54) is 33.4 Å². The van der Waals surface area contributed by atoms with Gasteiger partial charge in [0.1, 0.15) is 0 Å². The van der Waals surface area contributed by atoms with Crippen LogP contribution in [0.25, 0.3) is 11.1 Å². The van der Waals surface area contributed by atoms with Gasteiger partial charge in [-0.05, 0) is 89.2 Å². The van der Waals surface area contributed by atoms with Crippen molar-refractivity contribution < 1.29 is 9.47 Å². The molecular weight excluding hydrogens is 562 g/mol. The van der Waals surface area contributed by atoms with E-state index in [-0.39, 0.29) is 17.3 Å². The zero-order chi connectivity index (χ0) is 30.2. The molecule has 10 rings (SSSR count). The molecule has 1 spiro atoms. The lowest BCUT2D eigenvalue weighted by atomic mass is 9.64. The molecule has 1 heterocycles. The number of ether oxygens (including phenoxy) is 2. The number of allylic oxidation sites excluding steroid dienone is 6. The summed E-state index contributed by atoms with van der Waals surface area (Å²) < 4.78 is 13.5. The summed E-state index contributed by atoms with van der Waals surface area (Å²) in [5.41, 5.74) is 11.4. The summed E-state index contributed by atoms with van der Waals surface area (Å²) in [5, 5.41) is 0. The Bertz CT molecular complexity index is 2090. The van der Waals surface area contributed by atoms with Crippen LogP contribution >= 0.6 is 0 Å². The van der Waals surface area contributed by atoms with Crippen LogP contribution in [0.1, 0.15) is 24.0 Å². The van der Waals surface area contributed by atoms with E-state index in [2.05, 4.69) is 138 Å². The predicted octanol–water partition coefficient (Wildman–Crippen LogP) is 10.6. The van der Waals surface area contributed by atoms with Gasteiger partial charge in [-0.15, -0.1) is 0 Å². The number of benzene rings is 5. The SMILES string of the molecule is C1=CC2=C(CC1)C1C=C3Oc4cc(N(c5ccccc5)c5ccccc5)ccc4OC3=CC1C21c2ccccc2-c2ccccc21. The fourth-order valence-electron chi connectivity index (χ4n) is 8.73. The topological polar surface area (TPSA) is 21.7 Å². The molecule has 5 aromatic rings. The van der Waals surface area contributed by atoms with Gasteiger partial charge in [0.25, 0.3) is 0 Å². The third-order valence-corrected chi connectivity index (χ3v) is 10.5. The van der Waals surface area contributed by atoms with E-state index in [4.69, 9.17) is 9.47 Å². The third kappa shape index (κ3) is 3.48. The van der Waals surface area contributed by atoms with E-state index in [1.807, 2.05) is 18.2 Å². The molecule has 3 heteroatoms. The first-order valence-electron chi connectivity index (χ1n) is 16.2. The van der Waals surface area contributed by atoms with Gasteiger partial charge in [0, 0.05) is 29.3 Å². The van der Waals surface area contributed by atoms with E-state index in [9.17, 15) is 0 Å². The molecule has 0 saturated heterocycles. The lowest BCUT2D eigenvalue weighted by Crippen LogP contribution is -2.36. The van der Waals surface area contributed by atoms with Crippen molar-refractivity contribution in [3.8, 4) is 22.6 Å². The largest absolute Gasteiger partial charge is 0.450 e. The Hall–Kier alpha value is -5.54. The van der Waals surface area contributed by atoms with E-state index in [1.54, 1.807) is 0 Å². The lowest BCUT2D eigenvalue weighted by molar-refractivity contribution is 0.271. The number of anilines is 3. The minimum atomic E-state index is -0.251. The fourth-order valence-corrected chi connectivity index (χ4v) is 8.73. The van der Waals surface area contributed by atoms with Crippen molar-refractivity contribution in [3.63, 3.8) is 0 Å². The van der Waals surface area contributed by atoms with E-state index in [0.717, 1.165) is 52.9 Å². The number of para-hydroxylation sites is 2. The smallest absolute Gasteiger partial charge is 0.172 e. The predicted molar refractivity (Wildman–Crippen MR) is 184 cm³/mol. The normalized spacial score (nSPS) is 20.6. The van der Waals surface area contributed by atoms with E-state index in [0.29, 0.717) is 0 Å². The Balaban J connectivity index is 1.10. The van der Waals surface area contributed by atoms with Crippen molar-refractivity contribution in [2.45, 2.75) is 18.3 Å². The van der Waals surface area contributed by atoms with Gasteiger partial charge in [0.2, 0.25) is 0 Å². The standard InChI is InChI=1S/C43H31NO2/c1-3-13-28(14-4-1)44(29-15-5-2-6-16-29)30-23-24-39-40(25-30)46-41-26-34-33-19-9-12-22-37(33)43(38(34)27-42(41)45-39)35-20-10-7-17-31(35)32-18-8-11-21-36(32)43/h1-8,10-18,20-27,34,38H,9,19H2. The second kappa shape index (κ2) is 9.73. The summed E-state index contributed by atoms with van der Waals surface area (Å²) >= 11 is 0. The van der Waals surface area contributed by atoms with Crippen molar-refractivity contribution in [2.24, 2.45) is 11.8 Å². The zero-order valence-corrected chi connectivity index (χ0v) is 25.3. The highest BCUT2D eigenvalue weighted by molar-refractivity contribution is 5.86. The maximum Gasteiger partial charge on any atom is 0.172 e. The van der Waals surface area contributed by atoms with Crippen LogP contribution in [0.15, 0.2) is 174 Å². The maximum atomic E-state index is 6.78. The summed E-state index contributed by atoms with van der Waals surface area (Å²) in [6.45, 7) is 0. The second-order valence-corrected chi connectivity index (χ2v) is 12.7. The molecule has 2 unspecified atom stereocenters. The van der Waals surface area contributed by atoms with Crippen LogP contribution in [0.3, 0.4) is 0 Å². The number of fused-ring (bicyclic) bond motifs is 11. The highest BCUT2D eigenvalue weighted by atomic mass is 16.6. The molecule has 0 radical (unpaired) electrons. The highest BCUT2D eigenvalue weighted by Gasteiger charge is 2.59. The molecule has 5 aliphatic rings. The molecule has 0 fully saturated rings. The molecule has 220 valence electrons. The summed E-state index contributed by atoms with van der Waals surface area (Å²) in [6, 6.07) is 45.2. The molecule has 4 aliphatic carbocycles. The van der Waals surface area contributed by atoms with Gasteiger partial charge in [-0.1, -0.05) is 103 Å². The van der Waals surface area contributed by atoms with Crippen molar-refractivity contribution in [2.75, 3.05) is 4.90 Å². The number of nitrogens with zero attached hydrogens (tertiary/aromatic N) is 1. The molecular formula is C43H31NO2. The summed E-state index contributed by atoms with van der Waals surface area (Å²) in [4.78, 5) is 2.25. The fraction of sp³-hybridized carbons (Fsp3) is 0.116. The van der Waals surface area contributed by atoms with Crippen LogP contribution in [0.2, 0.25) is 0 Å². The van der Waals surface area contributed by atoms with Gasteiger partial charge in [0.05, 0.1) is 11.1 Å². The van der Waals surface area contributed by atoms with Crippen LogP contribution in [0.5, 0.6) is 11.5 Å². The average molecular weight is 594 g/mol. The van der Waals surface area contributed by atoms with E-state index >= 15 is 0 Å². The first kappa shape index (κ1) is 25.8. The van der Waals surface area contributed by atoms with Crippen LogP contribution in [-0.4, -0.2) is 0 Å². The Kier molecular flexibility index (Phi) is 5.45. The molecule has 0 aromatic heterocycles. The Morgan fingerprint density at radius 2 is 1.20 bits per heavy atom. The van der Waals surface area contributed by atoms with E-state index < -0.39 is 0 Å². The summed E-state index contributed by atoms with van der Waals surface area (Å²) in [6.07, 6.45) is 11.7. The minimum absolute atomic E-state index is 0.194. The third-order valence-electron chi connectivity index (χ3n) is 10.5. The van der Waals surface area contributed by atoms with Crippen LogP contribution < -0.4 is 14.4 Å². The lowest BCUT2D eigenvalue weighted by Gasteiger charge is -2.39. The number of hydrogen-bond acceptors (Lipinski definition) is 3.